The maximum atomic E-state index is 5.91. The molecular formula is C17H28N2O2. The Labute approximate surface area is 128 Å². The SMILES string of the molecule is CCNCc1cccc(OCC2CN(C(C)C)CCO2)c1. The number of benzene rings is 1. The summed E-state index contributed by atoms with van der Waals surface area (Å²) in [7, 11) is 0. The van der Waals surface area contributed by atoms with E-state index in [1.54, 1.807) is 0 Å². The van der Waals surface area contributed by atoms with Crippen molar-refractivity contribution < 1.29 is 9.47 Å². The zero-order chi connectivity index (χ0) is 15.1. The third-order valence-electron chi connectivity index (χ3n) is 3.81. The van der Waals surface area contributed by atoms with Gasteiger partial charge in [0, 0.05) is 25.7 Å². The summed E-state index contributed by atoms with van der Waals surface area (Å²) in [5, 5.41) is 3.33. The Bertz CT molecular complexity index is 423. The van der Waals surface area contributed by atoms with E-state index in [1.807, 2.05) is 12.1 Å². The van der Waals surface area contributed by atoms with Gasteiger partial charge in [-0.05, 0) is 38.1 Å². The molecule has 0 aromatic heterocycles. The molecule has 1 N–H and O–H groups in total. The van der Waals surface area contributed by atoms with E-state index >= 15 is 0 Å². The zero-order valence-electron chi connectivity index (χ0n) is 13.5. The molecule has 1 heterocycles. The van der Waals surface area contributed by atoms with Gasteiger partial charge < -0.3 is 14.8 Å². The second-order valence-corrected chi connectivity index (χ2v) is 5.82. The minimum Gasteiger partial charge on any atom is -0.491 e. The number of hydrogen-bond donors (Lipinski definition) is 1. The lowest BCUT2D eigenvalue weighted by Gasteiger charge is -2.35. The van der Waals surface area contributed by atoms with Crippen molar-refractivity contribution in [1.82, 2.24) is 10.2 Å². The van der Waals surface area contributed by atoms with Gasteiger partial charge in [0.05, 0.1) is 6.61 Å². The standard InChI is InChI=1S/C17H28N2O2/c1-4-18-11-15-6-5-7-16(10-15)21-13-17-12-19(14(2)3)8-9-20-17/h5-7,10,14,17-18H,4,8-9,11-13H2,1-3H3. The highest BCUT2D eigenvalue weighted by molar-refractivity contribution is 5.28. The van der Waals surface area contributed by atoms with Gasteiger partial charge in [-0.1, -0.05) is 19.1 Å². The summed E-state index contributed by atoms with van der Waals surface area (Å²) in [6, 6.07) is 8.85. The van der Waals surface area contributed by atoms with E-state index in [-0.39, 0.29) is 6.10 Å². The molecule has 21 heavy (non-hydrogen) atoms. The number of hydrogen-bond acceptors (Lipinski definition) is 4. The van der Waals surface area contributed by atoms with Gasteiger partial charge in [-0.15, -0.1) is 0 Å². The molecule has 118 valence electrons. The number of nitrogens with zero attached hydrogens (tertiary/aromatic N) is 1. The van der Waals surface area contributed by atoms with E-state index in [0.29, 0.717) is 12.6 Å². The van der Waals surface area contributed by atoms with Gasteiger partial charge >= 0.3 is 0 Å². The third kappa shape index (κ3) is 5.30. The molecule has 1 aromatic carbocycles. The van der Waals surface area contributed by atoms with E-state index in [2.05, 4.69) is 43.1 Å². The summed E-state index contributed by atoms with van der Waals surface area (Å²) in [6.45, 7) is 11.8. The minimum atomic E-state index is 0.165. The summed E-state index contributed by atoms with van der Waals surface area (Å²) in [5.41, 5.74) is 1.25. The van der Waals surface area contributed by atoms with Crippen LogP contribution < -0.4 is 10.1 Å². The van der Waals surface area contributed by atoms with Crippen LogP contribution in [0.1, 0.15) is 26.3 Å². The first-order valence-electron chi connectivity index (χ1n) is 7.97. The molecule has 4 heteroatoms. The predicted molar refractivity (Wildman–Crippen MR) is 85.8 cm³/mol. The summed E-state index contributed by atoms with van der Waals surface area (Å²) < 4.78 is 11.7. The van der Waals surface area contributed by atoms with Crippen LogP contribution in [0.3, 0.4) is 0 Å². The van der Waals surface area contributed by atoms with Gasteiger partial charge in [-0.25, -0.2) is 0 Å². The van der Waals surface area contributed by atoms with Crippen LogP contribution in [0, 0.1) is 0 Å². The fraction of sp³-hybridized carbons (Fsp3) is 0.647. The molecule has 4 nitrogen and oxygen atoms in total. The normalized spacial score (nSPS) is 19.9. The van der Waals surface area contributed by atoms with Crippen molar-refractivity contribution in [2.45, 2.75) is 39.5 Å². The fourth-order valence-corrected chi connectivity index (χ4v) is 2.52. The molecule has 0 amide bonds. The van der Waals surface area contributed by atoms with E-state index in [9.17, 15) is 0 Å². The van der Waals surface area contributed by atoms with Crippen molar-refractivity contribution in [1.29, 1.82) is 0 Å². The molecule has 1 aromatic rings. The molecule has 0 saturated carbocycles. The van der Waals surface area contributed by atoms with Crippen molar-refractivity contribution in [3.05, 3.63) is 29.8 Å². The molecule has 1 saturated heterocycles. The lowest BCUT2D eigenvalue weighted by atomic mass is 10.2. The lowest BCUT2D eigenvalue weighted by molar-refractivity contribution is -0.0564. The van der Waals surface area contributed by atoms with E-state index in [4.69, 9.17) is 9.47 Å². The molecular weight excluding hydrogens is 264 g/mol. The molecule has 2 rings (SSSR count). The summed E-state index contributed by atoms with van der Waals surface area (Å²) in [6.07, 6.45) is 0.165. The Morgan fingerprint density at radius 3 is 3.05 bits per heavy atom. The Kier molecular flexibility index (Phi) is 6.49. The van der Waals surface area contributed by atoms with Crippen molar-refractivity contribution in [3.63, 3.8) is 0 Å². The van der Waals surface area contributed by atoms with E-state index < -0.39 is 0 Å². The van der Waals surface area contributed by atoms with Gasteiger partial charge in [0.25, 0.3) is 0 Å². The molecule has 1 unspecified atom stereocenters. The maximum absolute atomic E-state index is 5.91. The topological polar surface area (TPSA) is 33.7 Å². The highest BCUT2D eigenvalue weighted by Gasteiger charge is 2.22. The molecule has 0 bridgehead atoms. The molecule has 0 aliphatic carbocycles. The van der Waals surface area contributed by atoms with Crippen LogP contribution in [0.25, 0.3) is 0 Å². The largest absolute Gasteiger partial charge is 0.491 e. The summed E-state index contributed by atoms with van der Waals surface area (Å²) in [4.78, 5) is 2.44. The fourth-order valence-electron chi connectivity index (χ4n) is 2.52. The van der Waals surface area contributed by atoms with Gasteiger partial charge in [-0.2, -0.15) is 0 Å². The highest BCUT2D eigenvalue weighted by Crippen LogP contribution is 2.15. The average molecular weight is 292 g/mol. The lowest BCUT2D eigenvalue weighted by Crippen LogP contribution is -2.47. The Balaban J connectivity index is 1.82. The summed E-state index contributed by atoms with van der Waals surface area (Å²) >= 11 is 0. The van der Waals surface area contributed by atoms with Crippen LogP contribution in [-0.4, -0.2) is 49.9 Å². The average Bonchev–Trinajstić information content (AvgIpc) is 2.51. The monoisotopic (exact) mass is 292 g/mol. The molecule has 1 atom stereocenters. The molecule has 0 spiro atoms. The molecule has 1 aliphatic heterocycles. The number of ether oxygens (including phenoxy) is 2. The van der Waals surface area contributed by atoms with Crippen LogP contribution in [-0.2, 0) is 11.3 Å². The minimum absolute atomic E-state index is 0.165. The Morgan fingerprint density at radius 2 is 2.29 bits per heavy atom. The predicted octanol–water partition coefficient (Wildman–Crippen LogP) is 2.28. The van der Waals surface area contributed by atoms with Gasteiger partial charge in [0.1, 0.15) is 18.5 Å². The zero-order valence-corrected chi connectivity index (χ0v) is 13.5. The number of nitrogens with one attached hydrogen (secondary N) is 1. The van der Waals surface area contributed by atoms with Gasteiger partial charge in [-0.3, -0.25) is 4.90 Å². The molecule has 1 aliphatic rings. The maximum Gasteiger partial charge on any atom is 0.119 e. The summed E-state index contributed by atoms with van der Waals surface area (Å²) in [5.74, 6) is 0.927. The van der Waals surface area contributed by atoms with Crippen molar-refractivity contribution in [2.24, 2.45) is 0 Å². The van der Waals surface area contributed by atoms with Gasteiger partial charge in [0.2, 0.25) is 0 Å². The van der Waals surface area contributed by atoms with E-state index in [0.717, 1.165) is 38.5 Å². The van der Waals surface area contributed by atoms with Gasteiger partial charge in [0.15, 0.2) is 0 Å². The van der Waals surface area contributed by atoms with Crippen LogP contribution >= 0.6 is 0 Å². The quantitative estimate of drug-likeness (QED) is 0.836. The first kappa shape index (κ1) is 16.3. The van der Waals surface area contributed by atoms with Crippen molar-refractivity contribution in [3.8, 4) is 5.75 Å². The van der Waals surface area contributed by atoms with Crippen LogP contribution in [0.2, 0.25) is 0 Å². The number of morpholine rings is 1. The Morgan fingerprint density at radius 1 is 1.43 bits per heavy atom. The van der Waals surface area contributed by atoms with E-state index in [1.165, 1.54) is 5.56 Å². The third-order valence-corrected chi connectivity index (χ3v) is 3.81. The first-order valence-corrected chi connectivity index (χ1v) is 7.97. The molecule has 0 radical (unpaired) electrons. The smallest absolute Gasteiger partial charge is 0.119 e. The second kappa shape index (κ2) is 8.37. The highest BCUT2D eigenvalue weighted by atomic mass is 16.5. The van der Waals surface area contributed by atoms with Crippen LogP contribution in [0.4, 0.5) is 0 Å². The number of rotatable bonds is 7. The first-order chi connectivity index (χ1) is 10.2. The second-order valence-electron chi connectivity index (χ2n) is 5.82. The van der Waals surface area contributed by atoms with Crippen LogP contribution in [0.15, 0.2) is 24.3 Å². The van der Waals surface area contributed by atoms with Crippen molar-refractivity contribution in [2.75, 3.05) is 32.8 Å². The molecule has 1 fully saturated rings. The van der Waals surface area contributed by atoms with Crippen molar-refractivity contribution >= 4 is 0 Å². The van der Waals surface area contributed by atoms with Crippen LogP contribution in [0.5, 0.6) is 5.75 Å². The Hall–Kier alpha value is -1.10.